The quantitative estimate of drug-likeness (QED) is 0.479. The number of hydrogen-bond acceptors (Lipinski definition) is 5. The van der Waals surface area contributed by atoms with E-state index in [2.05, 4.69) is 0 Å². The van der Waals surface area contributed by atoms with Gasteiger partial charge in [0.25, 0.3) is 0 Å². The van der Waals surface area contributed by atoms with E-state index in [1.54, 1.807) is 25.0 Å². The number of esters is 1. The lowest BCUT2D eigenvalue weighted by Gasteiger charge is -2.23. The van der Waals surface area contributed by atoms with Crippen LogP contribution in [-0.2, 0) is 19.1 Å². The molecule has 1 aromatic rings. The number of nitrogens with zero attached hydrogens (tertiary/aromatic N) is 1. The van der Waals surface area contributed by atoms with E-state index in [0.29, 0.717) is 19.8 Å². The van der Waals surface area contributed by atoms with Crippen LogP contribution in [0, 0.1) is 5.92 Å². The molecule has 25 heavy (non-hydrogen) atoms. The van der Waals surface area contributed by atoms with Crippen molar-refractivity contribution in [1.82, 2.24) is 4.90 Å². The van der Waals surface area contributed by atoms with E-state index in [1.165, 1.54) is 13.2 Å². The van der Waals surface area contributed by atoms with Gasteiger partial charge in [-0.1, -0.05) is 19.1 Å². The predicted molar refractivity (Wildman–Crippen MR) is 96.3 cm³/mol. The Morgan fingerprint density at radius 3 is 2.44 bits per heavy atom. The lowest BCUT2D eigenvalue weighted by Crippen LogP contribution is -2.38. The molecule has 6 heteroatoms. The van der Waals surface area contributed by atoms with E-state index < -0.39 is 5.92 Å². The van der Waals surface area contributed by atoms with Gasteiger partial charge in [-0.15, -0.1) is 0 Å². The molecule has 1 unspecified atom stereocenters. The summed E-state index contributed by atoms with van der Waals surface area (Å²) in [7, 11) is 2.91. The summed E-state index contributed by atoms with van der Waals surface area (Å²) in [5, 5.41) is 0. The molecule has 0 fully saturated rings. The van der Waals surface area contributed by atoms with Crippen LogP contribution in [0.5, 0.6) is 5.75 Å². The molecule has 0 aromatic heterocycles. The average Bonchev–Trinajstić information content (AvgIpc) is 2.63. The summed E-state index contributed by atoms with van der Waals surface area (Å²) < 4.78 is 15.1. The molecule has 0 saturated carbocycles. The highest BCUT2D eigenvalue weighted by molar-refractivity contribution is 5.92. The van der Waals surface area contributed by atoms with Gasteiger partial charge in [0.05, 0.1) is 26.2 Å². The first-order valence-electron chi connectivity index (χ1n) is 8.28. The second-order valence-electron chi connectivity index (χ2n) is 5.54. The monoisotopic (exact) mass is 349 g/mol. The first-order chi connectivity index (χ1) is 12.0. The van der Waals surface area contributed by atoms with Gasteiger partial charge in [-0.2, -0.15) is 0 Å². The Bertz CT molecular complexity index is 568. The van der Waals surface area contributed by atoms with Gasteiger partial charge in [0.1, 0.15) is 5.75 Å². The summed E-state index contributed by atoms with van der Waals surface area (Å²) in [6.07, 6.45) is 3.23. The Hall–Kier alpha value is -2.34. The molecule has 0 aliphatic heterocycles. The maximum Gasteiger partial charge on any atom is 0.310 e. The van der Waals surface area contributed by atoms with Gasteiger partial charge in [0.2, 0.25) is 5.91 Å². The largest absolute Gasteiger partial charge is 0.494 e. The van der Waals surface area contributed by atoms with Crippen LogP contribution in [0.3, 0.4) is 0 Å². The van der Waals surface area contributed by atoms with E-state index in [4.69, 9.17) is 14.2 Å². The number of methoxy groups -OCH3 is 2. The number of amides is 1. The van der Waals surface area contributed by atoms with Crippen LogP contribution in [0.25, 0.3) is 6.08 Å². The summed E-state index contributed by atoms with van der Waals surface area (Å²) in [6, 6.07) is 7.47. The van der Waals surface area contributed by atoms with Crippen molar-refractivity contribution in [2.75, 3.05) is 40.5 Å². The van der Waals surface area contributed by atoms with Gasteiger partial charge in [-0.3, -0.25) is 9.59 Å². The van der Waals surface area contributed by atoms with Crippen molar-refractivity contribution in [2.24, 2.45) is 5.92 Å². The van der Waals surface area contributed by atoms with E-state index in [9.17, 15) is 9.59 Å². The van der Waals surface area contributed by atoms with Crippen LogP contribution in [0.1, 0.15) is 19.4 Å². The molecule has 0 aliphatic carbocycles. The Morgan fingerprint density at radius 2 is 1.88 bits per heavy atom. The number of hydrogen-bond donors (Lipinski definition) is 0. The number of carbonyl (C=O) groups is 2. The van der Waals surface area contributed by atoms with Crippen molar-refractivity contribution in [2.45, 2.75) is 13.8 Å². The first kappa shape index (κ1) is 20.7. The molecule has 0 spiro atoms. The molecule has 0 aliphatic rings. The molecular formula is C19H27NO5. The van der Waals surface area contributed by atoms with Crippen molar-refractivity contribution in [3.05, 3.63) is 35.9 Å². The fourth-order valence-electron chi connectivity index (χ4n) is 2.21. The zero-order valence-electron chi connectivity index (χ0n) is 15.4. The second kappa shape index (κ2) is 11.3. The van der Waals surface area contributed by atoms with E-state index >= 15 is 0 Å². The number of rotatable bonds is 10. The van der Waals surface area contributed by atoms with E-state index in [0.717, 1.165) is 11.3 Å². The summed E-state index contributed by atoms with van der Waals surface area (Å²) in [5.41, 5.74) is 0.893. The van der Waals surface area contributed by atoms with Gasteiger partial charge >= 0.3 is 5.97 Å². The average molecular weight is 349 g/mol. The minimum Gasteiger partial charge on any atom is -0.494 e. The standard InChI is InChI=1S/C19H27NO5/c1-5-25-17-9-6-16(7-10-17)8-11-18(21)20(12-13-23-3)14-15(2)19(22)24-4/h6-11,15H,5,12-14H2,1-4H3/b11-8+. The normalized spacial score (nSPS) is 12.0. The van der Waals surface area contributed by atoms with Crippen molar-refractivity contribution < 1.29 is 23.8 Å². The zero-order valence-corrected chi connectivity index (χ0v) is 15.4. The van der Waals surface area contributed by atoms with Gasteiger partial charge in [-0.25, -0.2) is 0 Å². The lowest BCUT2D eigenvalue weighted by molar-refractivity contribution is -0.146. The number of ether oxygens (including phenoxy) is 3. The number of carbonyl (C=O) groups excluding carboxylic acids is 2. The minimum atomic E-state index is -0.398. The van der Waals surface area contributed by atoms with Crippen LogP contribution in [0.4, 0.5) is 0 Å². The van der Waals surface area contributed by atoms with Crippen LogP contribution in [0.15, 0.2) is 30.3 Å². The van der Waals surface area contributed by atoms with E-state index in [1.807, 2.05) is 31.2 Å². The first-order valence-corrected chi connectivity index (χ1v) is 8.28. The fraction of sp³-hybridized carbons (Fsp3) is 0.474. The van der Waals surface area contributed by atoms with Crippen LogP contribution in [-0.4, -0.2) is 57.3 Å². The van der Waals surface area contributed by atoms with Crippen molar-refractivity contribution in [1.29, 1.82) is 0 Å². The molecule has 0 saturated heterocycles. The lowest BCUT2D eigenvalue weighted by atomic mass is 10.1. The second-order valence-corrected chi connectivity index (χ2v) is 5.54. The molecule has 0 heterocycles. The fourth-order valence-corrected chi connectivity index (χ4v) is 2.21. The molecule has 1 amide bonds. The van der Waals surface area contributed by atoms with Gasteiger partial charge < -0.3 is 19.1 Å². The van der Waals surface area contributed by atoms with Crippen LogP contribution in [0.2, 0.25) is 0 Å². The predicted octanol–water partition coefficient (Wildman–Crippen LogP) is 2.38. The Kier molecular flexibility index (Phi) is 9.32. The Labute approximate surface area is 149 Å². The minimum absolute atomic E-state index is 0.179. The summed E-state index contributed by atoms with van der Waals surface area (Å²) in [4.78, 5) is 25.6. The molecule has 1 aromatic carbocycles. The molecule has 0 N–H and O–H groups in total. The topological polar surface area (TPSA) is 65.1 Å². The zero-order chi connectivity index (χ0) is 18.7. The third-order valence-corrected chi connectivity index (χ3v) is 3.58. The van der Waals surface area contributed by atoms with Crippen LogP contribution < -0.4 is 4.74 Å². The van der Waals surface area contributed by atoms with Crippen LogP contribution >= 0.6 is 0 Å². The molecule has 6 nitrogen and oxygen atoms in total. The smallest absolute Gasteiger partial charge is 0.310 e. The van der Waals surface area contributed by atoms with Crippen molar-refractivity contribution in [3.8, 4) is 5.75 Å². The van der Waals surface area contributed by atoms with Crippen molar-refractivity contribution >= 4 is 18.0 Å². The molecule has 1 atom stereocenters. The molecule has 0 bridgehead atoms. The Morgan fingerprint density at radius 1 is 1.20 bits per heavy atom. The summed E-state index contributed by atoms with van der Waals surface area (Å²) in [5.74, 6) is -0.128. The van der Waals surface area contributed by atoms with Gasteiger partial charge in [-0.05, 0) is 30.7 Å². The molecule has 1 rings (SSSR count). The molecule has 0 radical (unpaired) electrons. The van der Waals surface area contributed by atoms with Gasteiger partial charge in [0.15, 0.2) is 0 Å². The highest BCUT2D eigenvalue weighted by Crippen LogP contribution is 2.13. The number of benzene rings is 1. The SMILES string of the molecule is CCOc1ccc(/C=C/C(=O)N(CCOC)CC(C)C(=O)OC)cc1. The van der Waals surface area contributed by atoms with E-state index in [-0.39, 0.29) is 18.4 Å². The third kappa shape index (κ3) is 7.39. The maximum absolute atomic E-state index is 12.4. The highest BCUT2D eigenvalue weighted by atomic mass is 16.5. The van der Waals surface area contributed by atoms with Gasteiger partial charge in [0, 0.05) is 26.3 Å². The van der Waals surface area contributed by atoms with Crippen molar-refractivity contribution in [3.63, 3.8) is 0 Å². The highest BCUT2D eigenvalue weighted by Gasteiger charge is 2.20. The molecular weight excluding hydrogens is 322 g/mol. The maximum atomic E-state index is 12.4. The third-order valence-electron chi connectivity index (χ3n) is 3.58. The summed E-state index contributed by atoms with van der Waals surface area (Å²) >= 11 is 0. The molecule has 138 valence electrons. The Balaban J connectivity index is 2.73. The summed E-state index contributed by atoms with van der Waals surface area (Å²) in [6.45, 7) is 5.36.